The van der Waals surface area contributed by atoms with Gasteiger partial charge in [-0.3, -0.25) is 0 Å². The average molecular weight is 677 g/mol. The number of aromatic nitrogens is 1. The Labute approximate surface area is 309 Å². The predicted octanol–water partition coefficient (Wildman–Crippen LogP) is 14.1. The van der Waals surface area contributed by atoms with Crippen LogP contribution in [-0.2, 0) is 7.05 Å². The van der Waals surface area contributed by atoms with Gasteiger partial charge < -0.3 is 9.47 Å². The van der Waals surface area contributed by atoms with Crippen LogP contribution in [0.1, 0.15) is 0 Å². The van der Waals surface area contributed by atoms with Crippen molar-refractivity contribution < 1.29 is 0 Å². The molecule has 0 aliphatic heterocycles. The first-order valence-corrected chi connectivity index (χ1v) is 18.2. The standard InChI is InChI=1S/C51H36N2/c1-52-49-33-28-40(34-48(49)50-46-18-10-8-16-44(46)45-17-9-11-19-47(45)51(50)52)39-22-20-36(21-23-39)38-26-31-43(32-27-38)53(41-14-6-3-7-15-41)42-29-24-37(25-30-42)35-12-4-2-5-13-35/h2-34H,1H3. The number of para-hydroxylation sites is 1. The minimum atomic E-state index is 1.12. The molecule has 2 nitrogen and oxygen atoms in total. The Morgan fingerprint density at radius 3 is 1.30 bits per heavy atom. The van der Waals surface area contributed by atoms with E-state index >= 15 is 0 Å². The van der Waals surface area contributed by atoms with Gasteiger partial charge in [0.25, 0.3) is 0 Å². The Hall–Kier alpha value is -6.90. The number of hydrogen-bond acceptors (Lipinski definition) is 1. The number of benzene rings is 9. The van der Waals surface area contributed by atoms with Crippen LogP contribution in [0.15, 0.2) is 200 Å². The minimum absolute atomic E-state index is 1.12. The van der Waals surface area contributed by atoms with Gasteiger partial charge in [0, 0.05) is 45.8 Å². The second-order valence-electron chi connectivity index (χ2n) is 13.8. The van der Waals surface area contributed by atoms with Gasteiger partial charge in [0.2, 0.25) is 0 Å². The van der Waals surface area contributed by atoms with Gasteiger partial charge in [-0.15, -0.1) is 0 Å². The first-order chi connectivity index (χ1) is 26.2. The van der Waals surface area contributed by atoms with E-state index in [1.807, 2.05) is 0 Å². The number of hydrogen-bond donors (Lipinski definition) is 0. The zero-order valence-electron chi connectivity index (χ0n) is 29.4. The topological polar surface area (TPSA) is 8.17 Å². The Balaban J connectivity index is 0.985. The van der Waals surface area contributed by atoms with Gasteiger partial charge in [0.15, 0.2) is 0 Å². The lowest BCUT2D eigenvalue weighted by Crippen LogP contribution is -2.09. The Morgan fingerprint density at radius 2 is 0.717 bits per heavy atom. The fourth-order valence-corrected chi connectivity index (χ4v) is 8.19. The maximum absolute atomic E-state index is 2.38. The molecule has 0 saturated carbocycles. The van der Waals surface area contributed by atoms with Crippen LogP contribution in [0.4, 0.5) is 17.1 Å². The number of nitrogens with zero attached hydrogens (tertiary/aromatic N) is 2. The largest absolute Gasteiger partial charge is 0.343 e. The lowest BCUT2D eigenvalue weighted by Gasteiger charge is -2.26. The Bertz CT molecular complexity index is 2900. The molecule has 0 aliphatic rings. The second kappa shape index (κ2) is 12.7. The van der Waals surface area contributed by atoms with E-state index in [2.05, 4.69) is 217 Å². The molecule has 0 unspecified atom stereocenters. The summed E-state index contributed by atoms with van der Waals surface area (Å²) in [5.74, 6) is 0. The third kappa shape index (κ3) is 5.27. The van der Waals surface area contributed by atoms with Crippen LogP contribution in [0, 0.1) is 0 Å². The van der Waals surface area contributed by atoms with Crippen LogP contribution in [-0.4, -0.2) is 4.57 Å². The van der Waals surface area contributed by atoms with Crippen molar-refractivity contribution in [3.05, 3.63) is 200 Å². The smallest absolute Gasteiger partial charge is 0.0574 e. The SMILES string of the molecule is Cn1c2ccc(-c3ccc(-c4ccc(N(c5ccccc5)c5ccc(-c6ccccc6)cc5)cc4)cc3)cc2c2c3ccccc3c3ccccc3c21. The third-order valence-corrected chi connectivity index (χ3v) is 10.8. The number of rotatable bonds is 6. The molecule has 0 N–H and O–H groups in total. The van der Waals surface area contributed by atoms with Gasteiger partial charge in [-0.2, -0.15) is 0 Å². The van der Waals surface area contributed by atoms with Crippen molar-refractivity contribution >= 4 is 60.4 Å². The highest BCUT2D eigenvalue weighted by Crippen LogP contribution is 2.42. The van der Waals surface area contributed by atoms with Crippen LogP contribution in [0.3, 0.4) is 0 Å². The van der Waals surface area contributed by atoms with E-state index in [0.29, 0.717) is 0 Å². The predicted molar refractivity (Wildman–Crippen MR) is 226 cm³/mol. The van der Waals surface area contributed by atoms with E-state index in [4.69, 9.17) is 0 Å². The lowest BCUT2D eigenvalue weighted by molar-refractivity contribution is 1.02. The fraction of sp³-hybridized carbons (Fsp3) is 0.0196. The van der Waals surface area contributed by atoms with E-state index in [1.54, 1.807) is 0 Å². The lowest BCUT2D eigenvalue weighted by atomic mass is 9.95. The number of fused-ring (bicyclic) bond motifs is 8. The van der Waals surface area contributed by atoms with Crippen molar-refractivity contribution in [3.8, 4) is 33.4 Å². The maximum atomic E-state index is 2.38. The van der Waals surface area contributed by atoms with E-state index in [1.165, 1.54) is 76.7 Å². The Kier molecular flexibility index (Phi) is 7.40. The van der Waals surface area contributed by atoms with Crippen LogP contribution < -0.4 is 4.90 Å². The zero-order valence-corrected chi connectivity index (χ0v) is 29.4. The van der Waals surface area contributed by atoms with Crippen LogP contribution in [0.25, 0.3) is 76.7 Å². The maximum Gasteiger partial charge on any atom is 0.0574 e. The summed E-state index contributed by atoms with van der Waals surface area (Å²) in [7, 11) is 2.20. The molecule has 2 heteroatoms. The van der Waals surface area contributed by atoms with Gasteiger partial charge in [-0.05, 0) is 98.1 Å². The molecule has 1 heterocycles. The van der Waals surface area contributed by atoms with Crippen LogP contribution in [0.5, 0.6) is 0 Å². The van der Waals surface area contributed by atoms with Crippen molar-refractivity contribution in [2.45, 2.75) is 0 Å². The van der Waals surface area contributed by atoms with Gasteiger partial charge >= 0.3 is 0 Å². The first-order valence-electron chi connectivity index (χ1n) is 18.2. The van der Waals surface area contributed by atoms with Gasteiger partial charge in [0.1, 0.15) is 0 Å². The average Bonchev–Trinajstić information content (AvgIpc) is 3.54. The van der Waals surface area contributed by atoms with Crippen LogP contribution in [0.2, 0.25) is 0 Å². The molecule has 0 atom stereocenters. The van der Waals surface area contributed by atoms with E-state index in [-0.39, 0.29) is 0 Å². The summed E-state index contributed by atoms with van der Waals surface area (Å²) < 4.78 is 2.37. The summed E-state index contributed by atoms with van der Waals surface area (Å²) in [4.78, 5) is 2.32. The molecule has 9 aromatic carbocycles. The molecule has 250 valence electrons. The fourth-order valence-electron chi connectivity index (χ4n) is 8.19. The van der Waals surface area contributed by atoms with Gasteiger partial charge in [0.05, 0.1) is 5.52 Å². The molecule has 10 aromatic rings. The second-order valence-corrected chi connectivity index (χ2v) is 13.8. The Morgan fingerprint density at radius 1 is 0.321 bits per heavy atom. The normalized spacial score (nSPS) is 11.5. The van der Waals surface area contributed by atoms with Crippen molar-refractivity contribution in [2.75, 3.05) is 4.90 Å². The molecule has 10 rings (SSSR count). The molecule has 1 aromatic heterocycles. The number of anilines is 3. The first kappa shape index (κ1) is 30.9. The molecule has 0 radical (unpaired) electrons. The minimum Gasteiger partial charge on any atom is -0.343 e. The highest BCUT2D eigenvalue weighted by molar-refractivity contribution is 6.31. The third-order valence-electron chi connectivity index (χ3n) is 10.8. The molecule has 0 fully saturated rings. The summed E-state index contributed by atoms with van der Waals surface area (Å²) in [6, 6.07) is 72.5. The monoisotopic (exact) mass is 676 g/mol. The van der Waals surface area contributed by atoms with Crippen LogP contribution >= 0.6 is 0 Å². The molecule has 0 aliphatic carbocycles. The molecule has 0 amide bonds. The molecule has 0 saturated heterocycles. The summed E-state index contributed by atoms with van der Waals surface area (Å²) >= 11 is 0. The highest BCUT2D eigenvalue weighted by atomic mass is 15.1. The molecular formula is C51H36N2. The van der Waals surface area contributed by atoms with Crippen molar-refractivity contribution in [3.63, 3.8) is 0 Å². The molecule has 0 spiro atoms. The summed E-state index contributed by atoms with van der Waals surface area (Å²) in [5.41, 5.74) is 13.2. The van der Waals surface area contributed by atoms with E-state index in [9.17, 15) is 0 Å². The molecule has 0 bridgehead atoms. The highest BCUT2D eigenvalue weighted by Gasteiger charge is 2.17. The van der Waals surface area contributed by atoms with Gasteiger partial charge in [-0.25, -0.2) is 0 Å². The number of aryl methyl sites for hydroxylation is 1. The summed E-state index contributed by atoms with van der Waals surface area (Å²) in [5, 5.41) is 7.82. The zero-order chi connectivity index (χ0) is 35.3. The van der Waals surface area contributed by atoms with E-state index < -0.39 is 0 Å². The van der Waals surface area contributed by atoms with E-state index in [0.717, 1.165) is 17.1 Å². The van der Waals surface area contributed by atoms with Gasteiger partial charge in [-0.1, -0.05) is 152 Å². The van der Waals surface area contributed by atoms with Crippen molar-refractivity contribution in [1.82, 2.24) is 4.57 Å². The van der Waals surface area contributed by atoms with Crippen molar-refractivity contribution in [1.29, 1.82) is 0 Å². The summed E-state index contributed by atoms with van der Waals surface area (Å²) in [6.45, 7) is 0. The quantitative estimate of drug-likeness (QED) is 0.159. The molecule has 53 heavy (non-hydrogen) atoms. The van der Waals surface area contributed by atoms with Crippen molar-refractivity contribution in [2.24, 2.45) is 7.05 Å². The summed E-state index contributed by atoms with van der Waals surface area (Å²) in [6.07, 6.45) is 0. The molecular weight excluding hydrogens is 641 g/mol.